The van der Waals surface area contributed by atoms with E-state index < -0.39 is 10.0 Å². The first kappa shape index (κ1) is 17.8. The number of aromatic nitrogens is 2. The lowest BCUT2D eigenvalue weighted by molar-refractivity contribution is -0.118. The molecule has 0 bridgehead atoms. The average Bonchev–Trinajstić information content (AvgIpc) is 3.07. The molecule has 0 atom stereocenters. The fourth-order valence-corrected chi connectivity index (χ4v) is 4.34. The molecule has 10 heteroatoms. The van der Waals surface area contributed by atoms with E-state index in [4.69, 9.17) is 5.14 Å². The molecule has 0 aliphatic carbocycles. The van der Waals surface area contributed by atoms with Crippen LogP contribution < -0.4 is 10.5 Å². The monoisotopic (exact) mass is 394 g/mol. The lowest BCUT2D eigenvalue weighted by atomic mass is 10.2. The number of carbonyl (C=O) groups excluding carboxylic acids is 1. The zero-order valence-corrected chi connectivity index (χ0v) is 15.3. The summed E-state index contributed by atoms with van der Waals surface area (Å²) < 4.78 is 23.4. The SMILES string of the molecule is NS(=O)(=O)c1ccc(CNC(=O)CSc2ncnc3ccsc23)cc1. The number of nitrogens with two attached hydrogens (primary N) is 1. The van der Waals surface area contributed by atoms with E-state index in [0.717, 1.165) is 20.8 Å². The second-order valence-electron chi connectivity index (χ2n) is 5.07. The van der Waals surface area contributed by atoms with E-state index in [9.17, 15) is 13.2 Å². The molecule has 1 amide bonds. The summed E-state index contributed by atoms with van der Waals surface area (Å²) in [4.78, 5) is 20.4. The van der Waals surface area contributed by atoms with Crippen LogP contribution in [-0.4, -0.2) is 30.0 Å². The van der Waals surface area contributed by atoms with Crippen LogP contribution in [-0.2, 0) is 21.4 Å². The van der Waals surface area contributed by atoms with Gasteiger partial charge < -0.3 is 5.32 Å². The summed E-state index contributed by atoms with van der Waals surface area (Å²) in [5, 5.41) is 10.6. The lowest BCUT2D eigenvalue weighted by Gasteiger charge is -2.06. The molecule has 0 fully saturated rings. The molecule has 130 valence electrons. The molecule has 3 N–H and O–H groups in total. The Morgan fingerprint density at radius 2 is 1.96 bits per heavy atom. The minimum atomic E-state index is -3.71. The highest BCUT2D eigenvalue weighted by atomic mass is 32.2. The van der Waals surface area contributed by atoms with E-state index in [2.05, 4.69) is 15.3 Å². The number of fused-ring (bicyclic) bond motifs is 1. The summed E-state index contributed by atoms with van der Waals surface area (Å²) in [7, 11) is -3.71. The van der Waals surface area contributed by atoms with Crippen molar-refractivity contribution >= 4 is 49.2 Å². The molecule has 0 radical (unpaired) electrons. The van der Waals surface area contributed by atoms with Crippen LogP contribution in [0.4, 0.5) is 0 Å². The van der Waals surface area contributed by atoms with E-state index in [1.807, 2.05) is 11.4 Å². The molecule has 3 rings (SSSR count). The zero-order valence-electron chi connectivity index (χ0n) is 12.9. The van der Waals surface area contributed by atoms with Gasteiger partial charge in [-0.05, 0) is 29.1 Å². The van der Waals surface area contributed by atoms with Crippen LogP contribution in [0.1, 0.15) is 5.56 Å². The fourth-order valence-electron chi connectivity index (χ4n) is 2.05. The number of thioether (sulfide) groups is 1. The van der Waals surface area contributed by atoms with Crippen LogP contribution in [0, 0.1) is 0 Å². The highest BCUT2D eigenvalue weighted by molar-refractivity contribution is 8.00. The van der Waals surface area contributed by atoms with Crippen molar-refractivity contribution in [1.29, 1.82) is 0 Å². The lowest BCUT2D eigenvalue weighted by Crippen LogP contribution is -2.24. The largest absolute Gasteiger partial charge is 0.351 e. The minimum Gasteiger partial charge on any atom is -0.351 e. The summed E-state index contributed by atoms with van der Waals surface area (Å²) in [6.07, 6.45) is 1.49. The Labute approximate surface area is 152 Å². The Kier molecular flexibility index (Phi) is 5.33. The van der Waals surface area contributed by atoms with Crippen LogP contribution in [0.2, 0.25) is 0 Å². The zero-order chi connectivity index (χ0) is 17.9. The second kappa shape index (κ2) is 7.48. The maximum absolute atomic E-state index is 12.0. The molecule has 0 aliphatic heterocycles. The molecule has 1 aromatic carbocycles. The summed E-state index contributed by atoms with van der Waals surface area (Å²) in [5.74, 6) is 0.100. The molecule has 7 nitrogen and oxygen atoms in total. The number of primary sulfonamides is 1. The van der Waals surface area contributed by atoms with E-state index in [-0.39, 0.29) is 16.6 Å². The first-order valence-corrected chi connectivity index (χ1v) is 10.5. The van der Waals surface area contributed by atoms with Gasteiger partial charge in [-0.2, -0.15) is 0 Å². The number of benzene rings is 1. The highest BCUT2D eigenvalue weighted by Gasteiger charge is 2.10. The molecular formula is C15H14N4O3S3. The maximum Gasteiger partial charge on any atom is 0.238 e. The molecule has 0 saturated carbocycles. The predicted molar refractivity (Wildman–Crippen MR) is 97.8 cm³/mol. The number of carbonyl (C=O) groups is 1. The summed E-state index contributed by atoms with van der Waals surface area (Å²) in [6, 6.07) is 7.98. The van der Waals surface area contributed by atoms with Gasteiger partial charge in [0.25, 0.3) is 0 Å². The third kappa shape index (κ3) is 4.54. The maximum atomic E-state index is 12.0. The van der Waals surface area contributed by atoms with Crippen molar-refractivity contribution in [3.8, 4) is 0 Å². The van der Waals surface area contributed by atoms with Crippen molar-refractivity contribution in [1.82, 2.24) is 15.3 Å². The van der Waals surface area contributed by atoms with Gasteiger partial charge in [-0.1, -0.05) is 23.9 Å². The first-order chi connectivity index (χ1) is 11.9. The van der Waals surface area contributed by atoms with Crippen molar-refractivity contribution in [2.24, 2.45) is 5.14 Å². The van der Waals surface area contributed by atoms with Gasteiger partial charge in [0, 0.05) is 6.54 Å². The quantitative estimate of drug-likeness (QED) is 0.486. The van der Waals surface area contributed by atoms with Gasteiger partial charge in [-0.15, -0.1) is 11.3 Å². The Bertz CT molecular complexity index is 1000. The highest BCUT2D eigenvalue weighted by Crippen LogP contribution is 2.28. The summed E-state index contributed by atoms with van der Waals surface area (Å²) in [6.45, 7) is 0.308. The summed E-state index contributed by atoms with van der Waals surface area (Å²) in [5.41, 5.74) is 1.66. The number of amides is 1. The molecule has 2 heterocycles. The third-order valence-electron chi connectivity index (χ3n) is 3.29. The van der Waals surface area contributed by atoms with Crippen LogP contribution in [0.3, 0.4) is 0 Å². The normalized spacial score (nSPS) is 11.6. The van der Waals surface area contributed by atoms with E-state index in [1.54, 1.807) is 23.5 Å². The molecular weight excluding hydrogens is 380 g/mol. The predicted octanol–water partition coefficient (Wildman–Crippen LogP) is 1.75. The van der Waals surface area contributed by atoms with Crippen molar-refractivity contribution in [2.45, 2.75) is 16.5 Å². The number of hydrogen-bond donors (Lipinski definition) is 2. The Morgan fingerprint density at radius 3 is 2.68 bits per heavy atom. The number of hydrogen-bond acceptors (Lipinski definition) is 7. The Hall–Kier alpha value is -2.01. The van der Waals surface area contributed by atoms with Crippen LogP contribution in [0.5, 0.6) is 0 Å². The fraction of sp³-hybridized carbons (Fsp3) is 0.133. The van der Waals surface area contributed by atoms with Gasteiger partial charge in [-0.25, -0.2) is 23.5 Å². The first-order valence-electron chi connectivity index (χ1n) is 7.13. The van der Waals surface area contributed by atoms with Crippen molar-refractivity contribution in [2.75, 3.05) is 5.75 Å². The molecule has 0 spiro atoms. The second-order valence-corrected chi connectivity index (χ2v) is 8.51. The van der Waals surface area contributed by atoms with Crippen LogP contribution in [0.25, 0.3) is 10.2 Å². The van der Waals surface area contributed by atoms with Crippen molar-refractivity contribution in [3.63, 3.8) is 0 Å². The van der Waals surface area contributed by atoms with Crippen molar-refractivity contribution in [3.05, 3.63) is 47.6 Å². The van der Waals surface area contributed by atoms with E-state index >= 15 is 0 Å². The minimum absolute atomic E-state index is 0.0434. The van der Waals surface area contributed by atoms with Gasteiger partial charge in [0.2, 0.25) is 15.9 Å². The summed E-state index contributed by atoms with van der Waals surface area (Å²) >= 11 is 2.90. The number of nitrogens with one attached hydrogen (secondary N) is 1. The van der Waals surface area contributed by atoms with Gasteiger partial charge in [-0.3, -0.25) is 4.79 Å². The number of rotatable bonds is 6. The third-order valence-corrected chi connectivity index (χ3v) is 6.25. The number of thiophene rings is 1. The molecule has 3 aromatic rings. The van der Waals surface area contributed by atoms with E-state index in [1.165, 1.54) is 30.2 Å². The molecule has 25 heavy (non-hydrogen) atoms. The smallest absolute Gasteiger partial charge is 0.238 e. The molecule has 0 unspecified atom stereocenters. The average molecular weight is 395 g/mol. The molecule has 2 aromatic heterocycles. The molecule has 0 aliphatic rings. The number of nitrogens with zero attached hydrogens (tertiary/aromatic N) is 2. The number of sulfonamides is 1. The Morgan fingerprint density at radius 1 is 1.20 bits per heavy atom. The van der Waals surface area contributed by atoms with Gasteiger partial charge in [0.05, 0.1) is 20.9 Å². The topological polar surface area (TPSA) is 115 Å². The van der Waals surface area contributed by atoms with Crippen LogP contribution in [0.15, 0.2) is 52.0 Å². The Balaban J connectivity index is 1.54. The van der Waals surface area contributed by atoms with Crippen molar-refractivity contribution < 1.29 is 13.2 Å². The molecule has 0 saturated heterocycles. The van der Waals surface area contributed by atoms with Gasteiger partial charge >= 0.3 is 0 Å². The van der Waals surface area contributed by atoms with Gasteiger partial charge in [0.1, 0.15) is 11.4 Å². The van der Waals surface area contributed by atoms with E-state index in [0.29, 0.717) is 6.54 Å². The standard InChI is InChI=1S/C15H14N4O3S3/c16-25(21,22)11-3-1-10(2-4-11)7-17-13(20)8-24-15-14-12(5-6-23-14)18-9-19-15/h1-6,9H,7-8H2,(H,17,20)(H2,16,21,22). The van der Waals surface area contributed by atoms with Gasteiger partial charge in [0.15, 0.2) is 0 Å². The van der Waals surface area contributed by atoms with Crippen LogP contribution >= 0.6 is 23.1 Å².